The van der Waals surface area contributed by atoms with Crippen molar-refractivity contribution in [2.24, 2.45) is 0 Å². The number of likely N-dealkylation sites (tertiary alicyclic amines) is 1. The summed E-state index contributed by atoms with van der Waals surface area (Å²) in [5.74, 6) is 0.868. The predicted octanol–water partition coefficient (Wildman–Crippen LogP) is 3.66. The second-order valence-electron chi connectivity index (χ2n) is 6.87. The zero-order valence-corrected chi connectivity index (χ0v) is 15.9. The maximum Gasteiger partial charge on any atom is 0.254 e. The highest BCUT2D eigenvalue weighted by molar-refractivity contribution is 5.95. The highest BCUT2D eigenvalue weighted by Crippen LogP contribution is 2.23. The Morgan fingerprint density at radius 2 is 2.04 bits per heavy atom. The Kier molecular flexibility index (Phi) is 5.99. The fourth-order valence-corrected chi connectivity index (χ4v) is 3.58. The number of carbonyl (C=O) groups excluding carboxylic acids is 1. The van der Waals surface area contributed by atoms with Gasteiger partial charge in [-0.25, -0.2) is 9.97 Å². The van der Waals surface area contributed by atoms with E-state index in [1.165, 1.54) is 0 Å². The van der Waals surface area contributed by atoms with Crippen LogP contribution >= 0.6 is 0 Å². The van der Waals surface area contributed by atoms with Crippen molar-refractivity contribution in [1.82, 2.24) is 14.9 Å². The SMILES string of the molecule is CCCc1cc(-c2ccc(C(=O)N3CCC[C@H]3COC)cc2)nc(C)n1. The van der Waals surface area contributed by atoms with Gasteiger partial charge in [0.05, 0.1) is 18.3 Å². The first-order chi connectivity index (χ1) is 12.6. The number of aryl methyl sites for hydroxylation is 2. The van der Waals surface area contributed by atoms with E-state index in [2.05, 4.69) is 16.9 Å². The Morgan fingerprint density at radius 1 is 1.27 bits per heavy atom. The summed E-state index contributed by atoms with van der Waals surface area (Å²) < 4.78 is 5.25. The lowest BCUT2D eigenvalue weighted by Crippen LogP contribution is -2.38. The summed E-state index contributed by atoms with van der Waals surface area (Å²) in [6.45, 7) is 5.47. The molecule has 3 rings (SSSR count). The van der Waals surface area contributed by atoms with E-state index in [1.54, 1.807) is 7.11 Å². The molecule has 1 saturated heterocycles. The number of carbonyl (C=O) groups is 1. The summed E-state index contributed by atoms with van der Waals surface area (Å²) in [6, 6.07) is 9.99. The van der Waals surface area contributed by atoms with Gasteiger partial charge < -0.3 is 9.64 Å². The molecule has 138 valence electrons. The average molecular weight is 353 g/mol. The molecular weight excluding hydrogens is 326 g/mol. The van der Waals surface area contributed by atoms with Gasteiger partial charge in [0.15, 0.2) is 0 Å². The van der Waals surface area contributed by atoms with Crippen LogP contribution in [-0.2, 0) is 11.2 Å². The molecule has 26 heavy (non-hydrogen) atoms. The highest BCUT2D eigenvalue weighted by atomic mass is 16.5. The molecule has 1 amide bonds. The van der Waals surface area contributed by atoms with E-state index in [9.17, 15) is 4.79 Å². The molecule has 1 atom stereocenters. The molecule has 0 N–H and O–H groups in total. The van der Waals surface area contributed by atoms with Crippen molar-refractivity contribution < 1.29 is 9.53 Å². The van der Waals surface area contributed by atoms with Gasteiger partial charge in [-0.2, -0.15) is 0 Å². The molecular formula is C21H27N3O2. The molecule has 2 heterocycles. The Balaban J connectivity index is 1.79. The third-order valence-corrected chi connectivity index (χ3v) is 4.82. The molecule has 0 bridgehead atoms. The molecule has 5 heteroatoms. The van der Waals surface area contributed by atoms with Gasteiger partial charge in [-0.3, -0.25) is 4.79 Å². The normalized spacial score (nSPS) is 16.9. The summed E-state index contributed by atoms with van der Waals surface area (Å²) >= 11 is 0. The van der Waals surface area contributed by atoms with Crippen molar-refractivity contribution >= 4 is 5.91 Å². The van der Waals surface area contributed by atoms with Crippen LogP contribution in [0, 0.1) is 6.92 Å². The number of benzene rings is 1. The first kappa shape index (κ1) is 18.5. The molecule has 1 fully saturated rings. The molecule has 0 aliphatic carbocycles. The van der Waals surface area contributed by atoms with Gasteiger partial charge in [0, 0.05) is 30.5 Å². The molecule has 0 saturated carbocycles. The highest BCUT2D eigenvalue weighted by Gasteiger charge is 2.29. The van der Waals surface area contributed by atoms with Crippen LogP contribution < -0.4 is 0 Å². The van der Waals surface area contributed by atoms with Gasteiger partial charge in [-0.15, -0.1) is 0 Å². The third kappa shape index (κ3) is 4.10. The molecule has 1 aromatic heterocycles. The Labute approximate surface area is 155 Å². The van der Waals surface area contributed by atoms with Crippen LogP contribution in [0.3, 0.4) is 0 Å². The van der Waals surface area contributed by atoms with Crippen molar-refractivity contribution in [2.45, 2.75) is 45.6 Å². The van der Waals surface area contributed by atoms with Crippen LogP contribution in [0.15, 0.2) is 30.3 Å². The van der Waals surface area contributed by atoms with Crippen LogP contribution in [0.5, 0.6) is 0 Å². The minimum absolute atomic E-state index is 0.0849. The fourth-order valence-electron chi connectivity index (χ4n) is 3.58. The fraction of sp³-hybridized carbons (Fsp3) is 0.476. The molecule has 5 nitrogen and oxygen atoms in total. The van der Waals surface area contributed by atoms with Gasteiger partial charge in [-0.05, 0) is 44.4 Å². The van der Waals surface area contributed by atoms with Crippen LogP contribution in [0.2, 0.25) is 0 Å². The Morgan fingerprint density at radius 3 is 2.73 bits per heavy atom. The summed E-state index contributed by atoms with van der Waals surface area (Å²) in [7, 11) is 1.69. The van der Waals surface area contributed by atoms with Gasteiger partial charge in [-0.1, -0.05) is 25.5 Å². The average Bonchev–Trinajstić information content (AvgIpc) is 3.10. The second kappa shape index (κ2) is 8.41. The first-order valence-corrected chi connectivity index (χ1v) is 9.37. The van der Waals surface area contributed by atoms with Gasteiger partial charge in [0.25, 0.3) is 5.91 Å². The molecule has 2 aromatic rings. The third-order valence-electron chi connectivity index (χ3n) is 4.82. The minimum Gasteiger partial charge on any atom is -0.383 e. The van der Waals surface area contributed by atoms with Gasteiger partial charge in [0.2, 0.25) is 0 Å². The number of amides is 1. The summed E-state index contributed by atoms with van der Waals surface area (Å²) in [5, 5.41) is 0. The number of hydrogen-bond donors (Lipinski definition) is 0. The number of rotatable bonds is 6. The van der Waals surface area contributed by atoms with E-state index in [0.717, 1.165) is 60.6 Å². The summed E-state index contributed by atoms with van der Waals surface area (Å²) in [6.07, 6.45) is 4.06. The van der Waals surface area contributed by atoms with Crippen molar-refractivity contribution in [2.75, 3.05) is 20.3 Å². The Hall–Kier alpha value is -2.27. The number of methoxy groups -OCH3 is 1. The molecule has 1 aliphatic rings. The first-order valence-electron chi connectivity index (χ1n) is 9.37. The zero-order chi connectivity index (χ0) is 18.5. The van der Waals surface area contributed by atoms with Gasteiger partial charge in [0.1, 0.15) is 5.82 Å². The molecule has 0 spiro atoms. The topological polar surface area (TPSA) is 55.3 Å². The largest absolute Gasteiger partial charge is 0.383 e. The molecule has 0 radical (unpaired) electrons. The second-order valence-corrected chi connectivity index (χ2v) is 6.87. The molecule has 0 unspecified atom stereocenters. The summed E-state index contributed by atoms with van der Waals surface area (Å²) in [5.41, 5.74) is 3.71. The lowest BCUT2D eigenvalue weighted by atomic mass is 10.1. The van der Waals surface area contributed by atoms with Gasteiger partial charge >= 0.3 is 0 Å². The van der Waals surface area contributed by atoms with E-state index in [0.29, 0.717) is 6.61 Å². The maximum absolute atomic E-state index is 12.8. The van der Waals surface area contributed by atoms with Crippen LogP contribution in [0.25, 0.3) is 11.3 Å². The lowest BCUT2D eigenvalue weighted by Gasteiger charge is -2.24. The monoisotopic (exact) mass is 353 g/mol. The molecule has 1 aromatic carbocycles. The van der Waals surface area contributed by atoms with Crippen molar-refractivity contribution in [3.63, 3.8) is 0 Å². The number of hydrogen-bond acceptors (Lipinski definition) is 4. The predicted molar refractivity (Wildman–Crippen MR) is 102 cm³/mol. The number of aromatic nitrogens is 2. The van der Waals surface area contributed by atoms with Crippen LogP contribution in [-0.4, -0.2) is 47.1 Å². The van der Waals surface area contributed by atoms with Crippen LogP contribution in [0.1, 0.15) is 48.1 Å². The number of nitrogens with zero attached hydrogens (tertiary/aromatic N) is 3. The van der Waals surface area contributed by atoms with Crippen molar-refractivity contribution in [3.05, 3.63) is 47.4 Å². The van der Waals surface area contributed by atoms with Crippen LogP contribution in [0.4, 0.5) is 0 Å². The van der Waals surface area contributed by atoms with E-state index in [1.807, 2.05) is 42.2 Å². The van der Waals surface area contributed by atoms with E-state index in [-0.39, 0.29) is 11.9 Å². The zero-order valence-electron chi connectivity index (χ0n) is 15.9. The van der Waals surface area contributed by atoms with E-state index < -0.39 is 0 Å². The maximum atomic E-state index is 12.8. The van der Waals surface area contributed by atoms with E-state index in [4.69, 9.17) is 4.74 Å². The Bertz CT molecular complexity index is 758. The quantitative estimate of drug-likeness (QED) is 0.795. The minimum atomic E-state index is 0.0849. The number of ether oxygens (including phenoxy) is 1. The van der Waals surface area contributed by atoms with Crippen molar-refractivity contribution in [3.8, 4) is 11.3 Å². The van der Waals surface area contributed by atoms with Crippen molar-refractivity contribution in [1.29, 1.82) is 0 Å². The van der Waals surface area contributed by atoms with E-state index >= 15 is 0 Å². The summed E-state index contributed by atoms with van der Waals surface area (Å²) in [4.78, 5) is 23.8. The smallest absolute Gasteiger partial charge is 0.254 e. The molecule has 1 aliphatic heterocycles. The lowest BCUT2D eigenvalue weighted by molar-refractivity contribution is 0.0630. The standard InChI is InChI=1S/C21H27N3O2/c1-4-6-18-13-20(23-15(2)22-18)16-8-10-17(11-9-16)21(25)24-12-5-7-19(24)14-26-3/h8-11,13,19H,4-7,12,14H2,1-3H3/t19-/m0/s1.